The maximum Gasteiger partial charge on any atom is 0.0503 e. The van der Waals surface area contributed by atoms with Crippen LogP contribution in [0.3, 0.4) is 0 Å². The van der Waals surface area contributed by atoms with E-state index in [1.807, 2.05) is 11.3 Å². The lowest BCUT2D eigenvalue weighted by molar-refractivity contribution is 0.202. The van der Waals surface area contributed by atoms with Gasteiger partial charge in [-0.05, 0) is 31.9 Å². The van der Waals surface area contributed by atoms with E-state index in [4.69, 9.17) is 4.74 Å². The van der Waals surface area contributed by atoms with Gasteiger partial charge in [0.25, 0.3) is 0 Å². The molecule has 0 bridgehead atoms. The van der Waals surface area contributed by atoms with Crippen LogP contribution < -0.4 is 0 Å². The van der Waals surface area contributed by atoms with E-state index in [9.17, 15) is 0 Å². The molecule has 0 N–H and O–H groups in total. The number of hydrogen-bond donors (Lipinski definition) is 0. The molecule has 1 rings (SSSR count). The summed E-state index contributed by atoms with van der Waals surface area (Å²) in [6.45, 7) is 5.15. The van der Waals surface area contributed by atoms with Crippen LogP contribution in [0, 0.1) is 13.8 Å². The average molecular weight is 170 g/mol. The summed E-state index contributed by atoms with van der Waals surface area (Å²) in [5, 5.41) is 0. The predicted octanol–water partition coefficient (Wildman–Crippen LogP) is 2.55. The molecular formula is C9H14OS. The summed E-state index contributed by atoms with van der Waals surface area (Å²) in [6, 6.07) is 2.25. The van der Waals surface area contributed by atoms with Crippen molar-refractivity contribution < 1.29 is 4.74 Å². The van der Waals surface area contributed by atoms with Gasteiger partial charge in [0.2, 0.25) is 0 Å². The summed E-state index contributed by atoms with van der Waals surface area (Å²) in [7, 11) is 1.74. The minimum absolute atomic E-state index is 0.830. The second kappa shape index (κ2) is 3.88. The van der Waals surface area contributed by atoms with E-state index in [0.717, 1.165) is 13.0 Å². The molecule has 0 amide bonds. The lowest BCUT2D eigenvalue weighted by Gasteiger charge is -1.96. The Hall–Kier alpha value is -0.340. The van der Waals surface area contributed by atoms with Gasteiger partial charge in [-0.25, -0.2) is 0 Å². The maximum absolute atomic E-state index is 5.01. The summed E-state index contributed by atoms with van der Waals surface area (Å²) in [5.74, 6) is 0. The van der Waals surface area contributed by atoms with Crippen molar-refractivity contribution >= 4 is 11.3 Å². The topological polar surface area (TPSA) is 9.23 Å². The van der Waals surface area contributed by atoms with Crippen LogP contribution in [-0.4, -0.2) is 13.7 Å². The van der Waals surface area contributed by atoms with Crippen molar-refractivity contribution in [3.8, 4) is 0 Å². The van der Waals surface area contributed by atoms with Gasteiger partial charge in [0.1, 0.15) is 0 Å². The van der Waals surface area contributed by atoms with Gasteiger partial charge < -0.3 is 4.74 Å². The normalized spacial score (nSPS) is 10.5. The molecule has 0 aliphatic carbocycles. The highest BCUT2D eigenvalue weighted by atomic mass is 32.1. The number of ether oxygens (including phenoxy) is 1. The van der Waals surface area contributed by atoms with E-state index < -0.39 is 0 Å². The molecule has 62 valence electrons. The van der Waals surface area contributed by atoms with Crippen molar-refractivity contribution in [3.05, 3.63) is 21.4 Å². The zero-order valence-electron chi connectivity index (χ0n) is 7.31. The Bertz CT molecular complexity index is 227. The van der Waals surface area contributed by atoms with E-state index >= 15 is 0 Å². The molecule has 0 atom stereocenters. The molecule has 0 saturated carbocycles. The first-order valence-corrected chi connectivity index (χ1v) is 4.60. The summed E-state index contributed by atoms with van der Waals surface area (Å²) in [5.41, 5.74) is 1.44. The van der Waals surface area contributed by atoms with Crippen LogP contribution >= 0.6 is 11.3 Å². The quantitative estimate of drug-likeness (QED) is 0.677. The molecule has 0 fully saturated rings. The Labute approximate surface area is 72.0 Å². The molecule has 0 radical (unpaired) electrons. The van der Waals surface area contributed by atoms with Gasteiger partial charge in [0.15, 0.2) is 0 Å². The number of methoxy groups -OCH3 is 1. The lowest BCUT2D eigenvalue weighted by atomic mass is 10.2. The van der Waals surface area contributed by atoms with Crippen LogP contribution in [0.5, 0.6) is 0 Å². The molecule has 0 unspecified atom stereocenters. The zero-order valence-corrected chi connectivity index (χ0v) is 8.12. The SMILES string of the molecule is COCCc1cc(C)sc1C. The van der Waals surface area contributed by atoms with Gasteiger partial charge in [-0.3, -0.25) is 0 Å². The third kappa shape index (κ3) is 2.31. The second-order valence-corrected chi connectivity index (χ2v) is 4.14. The standard InChI is InChI=1S/C9H14OS/c1-7-6-9(4-5-10-3)8(2)11-7/h6H,4-5H2,1-3H3. The average Bonchev–Trinajstić information content (AvgIpc) is 2.26. The molecule has 2 heteroatoms. The number of rotatable bonds is 3. The zero-order chi connectivity index (χ0) is 8.27. The third-order valence-electron chi connectivity index (χ3n) is 1.72. The van der Waals surface area contributed by atoms with Gasteiger partial charge >= 0.3 is 0 Å². The molecule has 0 aliphatic rings. The lowest BCUT2D eigenvalue weighted by Crippen LogP contribution is -1.93. The minimum Gasteiger partial charge on any atom is -0.384 e. The van der Waals surface area contributed by atoms with Crippen molar-refractivity contribution in [1.82, 2.24) is 0 Å². The molecule has 0 saturated heterocycles. The van der Waals surface area contributed by atoms with Crippen LogP contribution in [0.1, 0.15) is 15.3 Å². The van der Waals surface area contributed by atoms with Gasteiger partial charge in [0.05, 0.1) is 6.61 Å². The summed E-state index contributed by atoms with van der Waals surface area (Å²) in [4.78, 5) is 2.83. The van der Waals surface area contributed by atoms with Gasteiger partial charge in [-0.15, -0.1) is 11.3 Å². The Balaban J connectivity index is 2.62. The molecule has 1 heterocycles. The smallest absolute Gasteiger partial charge is 0.0503 e. The van der Waals surface area contributed by atoms with Crippen molar-refractivity contribution in [3.63, 3.8) is 0 Å². The van der Waals surface area contributed by atoms with E-state index in [1.54, 1.807) is 7.11 Å². The van der Waals surface area contributed by atoms with Crippen molar-refractivity contribution in [2.45, 2.75) is 20.3 Å². The van der Waals surface area contributed by atoms with Crippen LogP contribution in [0.4, 0.5) is 0 Å². The first-order chi connectivity index (χ1) is 5.24. The van der Waals surface area contributed by atoms with Crippen LogP contribution in [0.15, 0.2) is 6.07 Å². The molecule has 1 aromatic heterocycles. The summed E-state index contributed by atoms with van der Waals surface area (Å²) >= 11 is 1.86. The van der Waals surface area contributed by atoms with E-state index in [-0.39, 0.29) is 0 Å². The van der Waals surface area contributed by atoms with Crippen LogP contribution in [0.25, 0.3) is 0 Å². The second-order valence-electron chi connectivity index (χ2n) is 2.68. The van der Waals surface area contributed by atoms with Crippen molar-refractivity contribution in [2.24, 2.45) is 0 Å². The minimum atomic E-state index is 0.830. The fourth-order valence-corrected chi connectivity index (χ4v) is 2.12. The predicted molar refractivity (Wildman–Crippen MR) is 49.4 cm³/mol. The van der Waals surface area contributed by atoms with Gasteiger partial charge in [-0.1, -0.05) is 0 Å². The Morgan fingerprint density at radius 2 is 2.18 bits per heavy atom. The third-order valence-corrected chi connectivity index (χ3v) is 2.73. The molecule has 0 aliphatic heterocycles. The highest BCUT2D eigenvalue weighted by Gasteiger charge is 2.00. The first kappa shape index (κ1) is 8.75. The summed E-state index contributed by atoms with van der Waals surface area (Å²) in [6.07, 6.45) is 1.05. The fraction of sp³-hybridized carbons (Fsp3) is 0.556. The Morgan fingerprint density at radius 3 is 2.64 bits per heavy atom. The maximum atomic E-state index is 5.01. The fourth-order valence-electron chi connectivity index (χ4n) is 1.14. The molecule has 0 spiro atoms. The molecule has 1 nitrogen and oxygen atoms in total. The summed E-state index contributed by atoms with van der Waals surface area (Å²) < 4.78 is 5.01. The van der Waals surface area contributed by atoms with Crippen LogP contribution in [0.2, 0.25) is 0 Å². The number of thiophene rings is 1. The number of hydrogen-bond acceptors (Lipinski definition) is 2. The van der Waals surface area contributed by atoms with E-state index in [1.165, 1.54) is 15.3 Å². The first-order valence-electron chi connectivity index (χ1n) is 3.79. The molecule has 1 aromatic rings. The Kier molecular flexibility index (Phi) is 3.09. The van der Waals surface area contributed by atoms with E-state index in [2.05, 4.69) is 19.9 Å². The monoisotopic (exact) mass is 170 g/mol. The van der Waals surface area contributed by atoms with Crippen molar-refractivity contribution in [2.75, 3.05) is 13.7 Å². The van der Waals surface area contributed by atoms with Gasteiger partial charge in [-0.2, -0.15) is 0 Å². The van der Waals surface area contributed by atoms with Gasteiger partial charge in [0, 0.05) is 16.9 Å². The largest absolute Gasteiger partial charge is 0.384 e. The molecule has 11 heavy (non-hydrogen) atoms. The molecular weight excluding hydrogens is 156 g/mol. The Morgan fingerprint density at radius 1 is 1.45 bits per heavy atom. The number of aryl methyl sites for hydroxylation is 2. The highest BCUT2D eigenvalue weighted by Crippen LogP contribution is 2.20. The highest BCUT2D eigenvalue weighted by molar-refractivity contribution is 7.12. The molecule has 0 aromatic carbocycles. The van der Waals surface area contributed by atoms with E-state index in [0.29, 0.717) is 0 Å². The van der Waals surface area contributed by atoms with Crippen LogP contribution in [-0.2, 0) is 11.2 Å². The van der Waals surface area contributed by atoms with Crippen molar-refractivity contribution in [1.29, 1.82) is 0 Å².